The number of rotatable bonds is 4. The van der Waals surface area contributed by atoms with E-state index in [-0.39, 0.29) is 15.8 Å². The van der Waals surface area contributed by atoms with Gasteiger partial charge in [-0.3, -0.25) is 4.79 Å². The molecule has 25 heavy (non-hydrogen) atoms. The summed E-state index contributed by atoms with van der Waals surface area (Å²) in [6.07, 6.45) is 0.412. The van der Waals surface area contributed by atoms with Crippen molar-refractivity contribution in [1.29, 1.82) is 0 Å². The summed E-state index contributed by atoms with van der Waals surface area (Å²) in [6, 6.07) is 11.3. The molecule has 5 nitrogen and oxygen atoms in total. The van der Waals surface area contributed by atoms with E-state index in [1.807, 2.05) is 32.0 Å². The second-order valence-electron chi connectivity index (χ2n) is 6.23. The normalized spacial score (nSPS) is 18.0. The van der Waals surface area contributed by atoms with Crippen LogP contribution in [0, 0.1) is 13.8 Å². The number of hydrogen-bond acceptors (Lipinski definition) is 3. The first kappa shape index (κ1) is 17.9. The lowest BCUT2D eigenvalue weighted by Gasteiger charge is -2.18. The van der Waals surface area contributed by atoms with Gasteiger partial charge < -0.3 is 4.90 Å². The number of hydrogen-bond donors (Lipinski definition) is 1. The zero-order valence-corrected chi connectivity index (χ0v) is 15.6. The maximum atomic E-state index is 12.7. The highest BCUT2D eigenvalue weighted by molar-refractivity contribution is 7.89. The van der Waals surface area contributed by atoms with Crippen LogP contribution in [-0.4, -0.2) is 26.9 Å². The molecule has 0 saturated carbocycles. The van der Waals surface area contributed by atoms with Crippen LogP contribution in [0.1, 0.15) is 17.5 Å². The predicted molar refractivity (Wildman–Crippen MR) is 98.4 cm³/mol. The van der Waals surface area contributed by atoms with E-state index in [9.17, 15) is 13.2 Å². The van der Waals surface area contributed by atoms with Gasteiger partial charge in [0, 0.05) is 12.2 Å². The Kier molecular flexibility index (Phi) is 4.86. The highest BCUT2D eigenvalue weighted by atomic mass is 35.5. The fourth-order valence-corrected chi connectivity index (χ4v) is 4.81. The average Bonchev–Trinajstić information content (AvgIpc) is 2.87. The number of sulfonamides is 1. The van der Waals surface area contributed by atoms with Crippen LogP contribution in [0.2, 0.25) is 5.02 Å². The van der Waals surface area contributed by atoms with Crippen molar-refractivity contribution in [3.8, 4) is 0 Å². The van der Waals surface area contributed by atoms with Crippen molar-refractivity contribution in [3.63, 3.8) is 0 Å². The van der Waals surface area contributed by atoms with E-state index in [2.05, 4.69) is 4.72 Å². The number of anilines is 1. The Morgan fingerprint density at radius 1 is 1.12 bits per heavy atom. The molecule has 1 unspecified atom stereocenters. The minimum Gasteiger partial charge on any atom is -0.311 e. The van der Waals surface area contributed by atoms with Crippen LogP contribution < -0.4 is 9.62 Å². The van der Waals surface area contributed by atoms with E-state index in [0.717, 1.165) is 16.8 Å². The molecule has 0 aliphatic carbocycles. The molecule has 0 aromatic heterocycles. The first-order chi connectivity index (χ1) is 11.8. The summed E-state index contributed by atoms with van der Waals surface area (Å²) in [5.41, 5.74) is 2.91. The van der Waals surface area contributed by atoms with Crippen LogP contribution in [-0.2, 0) is 14.8 Å². The van der Waals surface area contributed by atoms with Crippen LogP contribution in [0.4, 0.5) is 5.69 Å². The minimum atomic E-state index is -3.86. The second-order valence-corrected chi connectivity index (χ2v) is 8.32. The maximum absolute atomic E-state index is 12.7. The molecule has 1 atom stereocenters. The van der Waals surface area contributed by atoms with Crippen molar-refractivity contribution in [2.75, 3.05) is 11.4 Å². The fourth-order valence-electron chi connectivity index (χ4n) is 3.07. The van der Waals surface area contributed by atoms with Gasteiger partial charge >= 0.3 is 0 Å². The molecule has 1 amide bonds. The lowest BCUT2D eigenvalue weighted by Crippen LogP contribution is -2.41. The lowest BCUT2D eigenvalue weighted by atomic mass is 10.1. The van der Waals surface area contributed by atoms with Gasteiger partial charge in [-0.05, 0) is 55.7 Å². The Labute approximate surface area is 152 Å². The zero-order chi connectivity index (χ0) is 18.2. The van der Waals surface area contributed by atoms with Gasteiger partial charge in [-0.2, -0.15) is 4.72 Å². The van der Waals surface area contributed by atoms with E-state index >= 15 is 0 Å². The van der Waals surface area contributed by atoms with Gasteiger partial charge in [0.2, 0.25) is 15.9 Å². The Hall–Kier alpha value is -1.89. The number of nitrogens with zero attached hydrogens (tertiary/aromatic N) is 1. The minimum absolute atomic E-state index is 0.0192. The van der Waals surface area contributed by atoms with Gasteiger partial charge in [-0.1, -0.05) is 29.8 Å². The highest BCUT2D eigenvalue weighted by Gasteiger charge is 2.36. The van der Waals surface area contributed by atoms with Crippen LogP contribution in [0.15, 0.2) is 47.4 Å². The van der Waals surface area contributed by atoms with Crippen LogP contribution in [0.3, 0.4) is 0 Å². The second kappa shape index (κ2) is 6.78. The highest BCUT2D eigenvalue weighted by Crippen LogP contribution is 2.26. The van der Waals surface area contributed by atoms with Gasteiger partial charge in [0.05, 0.1) is 5.02 Å². The molecule has 1 aliphatic heterocycles. The summed E-state index contributed by atoms with van der Waals surface area (Å²) < 4.78 is 27.6. The van der Waals surface area contributed by atoms with E-state index in [0.29, 0.717) is 13.0 Å². The average molecular weight is 379 g/mol. The Morgan fingerprint density at radius 3 is 2.40 bits per heavy atom. The molecule has 0 radical (unpaired) electrons. The topological polar surface area (TPSA) is 66.5 Å². The van der Waals surface area contributed by atoms with Crippen molar-refractivity contribution in [1.82, 2.24) is 4.72 Å². The van der Waals surface area contributed by atoms with Crippen molar-refractivity contribution in [3.05, 3.63) is 58.6 Å². The van der Waals surface area contributed by atoms with Gasteiger partial charge in [-0.15, -0.1) is 0 Å². The number of carbonyl (C=O) groups is 1. The predicted octanol–water partition coefficient (Wildman–Crippen LogP) is 3.04. The molecule has 3 rings (SSSR count). The fraction of sp³-hybridized carbons (Fsp3) is 0.278. The standard InChI is InChI=1S/C18H19ClN2O3S/c1-12-9-13(2)11-14(10-12)21-8-7-16(18(21)22)20-25(23,24)17-6-4-3-5-15(17)19/h3-6,9-11,16,20H,7-8H2,1-2H3. The first-order valence-corrected chi connectivity index (χ1v) is 9.80. The number of nitrogens with one attached hydrogen (secondary N) is 1. The number of aryl methyl sites for hydroxylation is 2. The summed E-state index contributed by atoms with van der Waals surface area (Å²) in [4.78, 5) is 14.3. The van der Waals surface area contributed by atoms with E-state index in [1.54, 1.807) is 17.0 Å². The monoisotopic (exact) mass is 378 g/mol. The Bertz CT molecular complexity index is 907. The van der Waals surface area contributed by atoms with E-state index < -0.39 is 16.1 Å². The molecular formula is C18H19ClN2O3S. The molecule has 1 fully saturated rings. The molecule has 0 spiro atoms. The van der Waals surface area contributed by atoms with Gasteiger partial charge in [0.1, 0.15) is 10.9 Å². The van der Waals surface area contributed by atoms with Crippen molar-refractivity contribution < 1.29 is 13.2 Å². The van der Waals surface area contributed by atoms with Gasteiger partial charge in [0.25, 0.3) is 0 Å². The first-order valence-electron chi connectivity index (χ1n) is 7.94. The Morgan fingerprint density at radius 2 is 1.76 bits per heavy atom. The number of carbonyl (C=O) groups excluding carboxylic acids is 1. The smallest absolute Gasteiger partial charge is 0.245 e. The van der Waals surface area contributed by atoms with E-state index in [1.165, 1.54) is 12.1 Å². The summed E-state index contributed by atoms with van der Waals surface area (Å²) in [6.45, 7) is 4.40. The van der Waals surface area contributed by atoms with Gasteiger partial charge in [-0.25, -0.2) is 8.42 Å². The van der Waals surface area contributed by atoms with Gasteiger partial charge in [0.15, 0.2) is 0 Å². The SMILES string of the molecule is Cc1cc(C)cc(N2CCC(NS(=O)(=O)c3ccccc3Cl)C2=O)c1. The quantitative estimate of drug-likeness (QED) is 0.889. The zero-order valence-electron chi connectivity index (χ0n) is 14.0. The molecule has 0 bridgehead atoms. The third-order valence-corrected chi connectivity index (χ3v) is 6.12. The third-order valence-electron chi connectivity index (χ3n) is 4.15. The molecule has 1 aliphatic rings. The largest absolute Gasteiger partial charge is 0.311 e. The summed E-state index contributed by atoms with van der Waals surface area (Å²) in [7, 11) is -3.86. The van der Waals surface area contributed by atoms with E-state index in [4.69, 9.17) is 11.6 Å². The molecule has 1 saturated heterocycles. The van der Waals surface area contributed by atoms with Crippen molar-refractivity contribution in [2.24, 2.45) is 0 Å². The maximum Gasteiger partial charge on any atom is 0.245 e. The van der Waals surface area contributed by atoms with Crippen LogP contribution in [0.5, 0.6) is 0 Å². The molecule has 7 heteroatoms. The molecular weight excluding hydrogens is 360 g/mol. The van der Waals surface area contributed by atoms with Crippen LogP contribution >= 0.6 is 11.6 Å². The van der Waals surface area contributed by atoms with Crippen LogP contribution in [0.25, 0.3) is 0 Å². The molecule has 1 N–H and O–H groups in total. The summed E-state index contributed by atoms with van der Waals surface area (Å²) >= 11 is 5.98. The molecule has 2 aromatic carbocycles. The summed E-state index contributed by atoms with van der Waals surface area (Å²) in [5, 5.41) is 0.131. The van der Waals surface area contributed by atoms with Crippen molar-refractivity contribution >= 4 is 33.2 Å². The molecule has 132 valence electrons. The molecule has 1 heterocycles. The van der Waals surface area contributed by atoms with Crippen molar-refractivity contribution in [2.45, 2.75) is 31.2 Å². The third kappa shape index (κ3) is 3.71. The summed E-state index contributed by atoms with van der Waals surface area (Å²) in [5.74, 6) is -0.249. The lowest BCUT2D eigenvalue weighted by molar-refractivity contribution is -0.118. The number of halogens is 1. The molecule has 2 aromatic rings. The number of benzene rings is 2. The Balaban J connectivity index is 1.82. The number of amides is 1.